The molecule has 0 aliphatic rings. The van der Waals surface area contributed by atoms with Crippen LogP contribution in [0, 0.1) is 0 Å². The summed E-state index contributed by atoms with van der Waals surface area (Å²) in [7, 11) is 1.58. The first kappa shape index (κ1) is 14.3. The zero-order chi connectivity index (χ0) is 14.8. The van der Waals surface area contributed by atoms with Crippen molar-refractivity contribution in [1.82, 2.24) is 19.5 Å². The van der Waals surface area contributed by atoms with Gasteiger partial charge in [0.05, 0.1) is 13.0 Å². The topological polar surface area (TPSA) is 52.8 Å². The molecule has 21 heavy (non-hydrogen) atoms. The van der Waals surface area contributed by atoms with Crippen LogP contribution < -0.4 is 4.74 Å². The van der Waals surface area contributed by atoms with Crippen LogP contribution in [0.2, 0.25) is 0 Å². The summed E-state index contributed by atoms with van der Waals surface area (Å²) in [6, 6.07) is 2.34. The van der Waals surface area contributed by atoms with Crippen molar-refractivity contribution in [2.75, 3.05) is 7.11 Å². The Morgan fingerprint density at radius 2 is 2.29 bits per heavy atom. The molecular formula is C14H15ClN4OS. The van der Waals surface area contributed by atoms with Crippen molar-refractivity contribution < 1.29 is 4.74 Å². The summed E-state index contributed by atoms with van der Waals surface area (Å²) in [4.78, 5) is 13.0. The Morgan fingerprint density at radius 3 is 2.95 bits per heavy atom. The summed E-state index contributed by atoms with van der Waals surface area (Å²) in [6.45, 7) is 2.14. The maximum atomic E-state index is 6.05. The predicted molar refractivity (Wildman–Crippen MR) is 84.2 cm³/mol. The SMILES string of the molecule is COc1ncnc2c1nc(CCl)n2C(C)Cc1ccsc1. The molecule has 1 atom stereocenters. The fraction of sp³-hybridized carbons (Fsp3) is 0.357. The first-order chi connectivity index (χ1) is 10.2. The molecule has 3 heterocycles. The van der Waals surface area contributed by atoms with Crippen LogP contribution >= 0.6 is 22.9 Å². The van der Waals surface area contributed by atoms with Crippen LogP contribution in [0.25, 0.3) is 11.2 Å². The van der Waals surface area contributed by atoms with Gasteiger partial charge >= 0.3 is 0 Å². The highest BCUT2D eigenvalue weighted by Gasteiger charge is 2.19. The zero-order valence-electron chi connectivity index (χ0n) is 11.8. The molecular weight excluding hydrogens is 308 g/mol. The van der Waals surface area contributed by atoms with Gasteiger partial charge in [-0.05, 0) is 35.7 Å². The maximum Gasteiger partial charge on any atom is 0.245 e. The van der Waals surface area contributed by atoms with E-state index in [1.165, 1.54) is 11.9 Å². The Bertz CT molecular complexity index is 741. The highest BCUT2D eigenvalue weighted by atomic mass is 35.5. The van der Waals surface area contributed by atoms with Gasteiger partial charge < -0.3 is 9.30 Å². The summed E-state index contributed by atoms with van der Waals surface area (Å²) in [5.41, 5.74) is 2.73. The van der Waals surface area contributed by atoms with Crippen molar-refractivity contribution in [3.8, 4) is 5.88 Å². The van der Waals surface area contributed by atoms with Gasteiger partial charge in [0.25, 0.3) is 0 Å². The van der Waals surface area contributed by atoms with Crippen LogP contribution in [0.1, 0.15) is 24.4 Å². The van der Waals surface area contributed by atoms with Gasteiger partial charge in [0, 0.05) is 6.04 Å². The number of hydrogen-bond donors (Lipinski definition) is 0. The number of alkyl halides is 1. The van der Waals surface area contributed by atoms with Gasteiger partial charge in [0.2, 0.25) is 5.88 Å². The van der Waals surface area contributed by atoms with Crippen LogP contribution in [0.3, 0.4) is 0 Å². The molecule has 0 aliphatic heterocycles. The maximum absolute atomic E-state index is 6.05. The number of fused-ring (bicyclic) bond motifs is 1. The van der Waals surface area contributed by atoms with Gasteiger partial charge in [-0.25, -0.2) is 9.97 Å². The second kappa shape index (κ2) is 5.99. The molecule has 7 heteroatoms. The number of halogens is 1. The molecule has 0 spiro atoms. The second-order valence-electron chi connectivity index (χ2n) is 4.77. The normalized spacial score (nSPS) is 12.7. The Labute approximate surface area is 131 Å². The van der Waals surface area contributed by atoms with Gasteiger partial charge in [0.15, 0.2) is 11.2 Å². The lowest BCUT2D eigenvalue weighted by molar-refractivity contribution is 0.401. The number of thiophene rings is 1. The second-order valence-corrected chi connectivity index (χ2v) is 5.82. The Morgan fingerprint density at radius 1 is 1.43 bits per heavy atom. The lowest BCUT2D eigenvalue weighted by atomic mass is 10.1. The summed E-state index contributed by atoms with van der Waals surface area (Å²) in [5, 5.41) is 4.24. The molecule has 0 saturated heterocycles. The average molecular weight is 323 g/mol. The Kier molecular flexibility index (Phi) is 4.07. The quantitative estimate of drug-likeness (QED) is 0.675. The van der Waals surface area contributed by atoms with Gasteiger partial charge in [-0.3, -0.25) is 0 Å². The molecule has 1 unspecified atom stereocenters. The molecule has 110 valence electrons. The standard InChI is InChI=1S/C14H15ClN4OS/c1-9(5-10-3-4-21-7-10)19-11(6-15)18-12-13(19)16-8-17-14(12)20-2/h3-4,7-9H,5-6H2,1-2H3. The minimum atomic E-state index is 0.206. The van der Waals surface area contributed by atoms with E-state index < -0.39 is 0 Å². The smallest absolute Gasteiger partial charge is 0.245 e. The molecule has 3 aromatic rings. The number of imidazole rings is 1. The fourth-order valence-electron chi connectivity index (χ4n) is 2.48. The van der Waals surface area contributed by atoms with Crippen LogP contribution in [0.4, 0.5) is 0 Å². The molecule has 3 rings (SSSR count). The average Bonchev–Trinajstić information content (AvgIpc) is 3.12. The number of aromatic nitrogens is 4. The minimum Gasteiger partial charge on any atom is -0.479 e. The molecule has 0 radical (unpaired) electrons. The predicted octanol–water partition coefficient (Wildman–Crippen LogP) is 3.44. The van der Waals surface area contributed by atoms with Crippen LogP contribution in [0.5, 0.6) is 5.88 Å². The molecule has 0 aliphatic carbocycles. The lowest BCUT2D eigenvalue weighted by Crippen LogP contribution is -2.11. The highest BCUT2D eigenvalue weighted by Crippen LogP contribution is 2.27. The largest absolute Gasteiger partial charge is 0.479 e. The van der Waals surface area contributed by atoms with E-state index >= 15 is 0 Å². The van der Waals surface area contributed by atoms with E-state index in [2.05, 4.69) is 43.3 Å². The molecule has 0 amide bonds. The third kappa shape index (κ3) is 2.61. The number of hydrogen-bond acceptors (Lipinski definition) is 5. The highest BCUT2D eigenvalue weighted by molar-refractivity contribution is 7.07. The van der Waals surface area contributed by atoms with Gasteiger partial charge in [-0.15, -0.1) is 11.6 Å². The Balaban J connectivity index is 2.07. The van der Waals surface area contributed by atoms with Gasteiger partial charge in [-0.2, -0.15) is 16.3 Å². The zero-order valence-corrected chi connectivity index (χ0v) is 13.4. The van der Waals surface area contributed by atoms with E-state index in [-0.39, 0.29) is 6.04 Å². The van der Waals surface area contributed by atoms with Gasteiger partial charge in [-0.1, -0.05) is 0 Å². The van der Waals surface area contributed by atoms with E-state index in [4.69, 9.17) is 16.3 Å². The van der Waals surface area contributed by atoms with Gasteiger partial charge in [0.1, 0.15) is 12.2 Å². The van der Waals surface area contributed by atoms with Crippen LogP contribution in [0.15, 0.2) is 23.2 Å². The summed E-state index contributed by atoms with van der Waals surface area (Å²) < 4.78 is 7.33. The number of rotatable bonds is 5. The molecule has 5 nitrogen and oxygen atoms in total. The molecule has 3 aromatic heterocycles. The van der Waals surface area contributed by atoms with Crippen molar-refractivity contribution >= 4 is 34.1 Å². The third-order valence-corrected chi connectivity index (χ3v) is 4.35. The Hall–Kier alpha value is -1.66. The van der Waals surface area contributed by atoms with Crippen molar-refractivity contribution in [2.45, 2.75) is 25.3 Å². The molecule has 0 aromatic carbocycles. The third-order valence-electron chi connectivity index (χ3n) is 3.38. The van der Waals surface area contributed by atoms with E-state index in [0.29, 0.717) is 17.3 Å². The number of nitrogens with zero attached hydrogens (tertiary/aromatic N) is 4. The first-order valence-electron chi connectivity index (χ1n) is 6.57. The molecule has 0 N–H and O–H groups in total. The van der Waals surface area contributed by atoms with E-state index in [9.17, 15) is 0 Å². The van der Waals surface area contributed by atoms with Crippen molar-refractivity contribution in [1.29, 1.82) is 0 Å². The van der Waals surface area contributed by atoms with Crippen LogP contribution in [-0.4, -0.2) is 26.6 Å². The monoisotopic (exact) mass is 322 g/mol. The molecule has 0 bridgehead atoms. The summed E-state index contributed by atoms with van der Waals surface area (Å²) in [5.74, 6) is 1.59. The fourth-order valence-corrected chi connectivity index (χ4v) is 3.35. The number of methoxy groups -OCH3 is 1. The van der Waals surface area contributed by atoms with Crippen LogP contribution in [-0.2, 0) is 12.3 Å². The minimum absolute atomic E-state index is 0.206. The summed E-state index contributed by atoms with van der Waals surface area (Å²) >= 11 is 7.76. The van der Waals surface area contributed by atoms with Crippen molar-refractivity contribution in [3.63, 3.8) is 0 Å². The summed E-state index contributed by atoms with van der Waals surface area (Å²) in [6.07, 6.45) is 2.40. The van der Waals surface area contributed by atoms with E-state index in [1.807, 2.05) is 0 Å². The van der Waals surface area contributed by atoms with E-state index in [1.54, 1.807) is 18.4 Å². The van der Waals surface area contributed by atoms with Crippen molar-refractivity contribution in [2.24, 2.45) is 0 Å². The first-order valence-corrected chi connectivity index (χ1v) is 8.05. The molecule has 0 saturated carbocycles. The lowest BCUT2D eigenvalue weighted by Gasteiger charge is -2.15. The number of ether oxygens (including phenoxy) is 1. The van der Waals surface area contributed by atoms with Crippen molar-refractivity contribution in [3.05, 3.63) is 34.5 Å². The van der Waals surface area contributed by atoms with E-state index in [0.717, 1.165) is 17.9 Å². The molecule has 0 fully saturated rings.